The van der Waals surface area contributed by atoms with Gasteiger partial charge in [-0.05, 0) is 275 Å². The molecule has 0 amide bonds. The highest BCUT2D eigenvalue weighted by molar-refractivity contribution is 7.26. The minimum absolute atomic E-state index is 0.897. The Morgan fingerprint density at radius 3 is 0.735 bits per heavy atom. The third-order valence-electron chi connectivity index (χ3n) is 30.2. The van der Waals surface area contributed by atoms with E-state index in [-0.39, 0.29) is 0 Å². The fraction of sp³-hybridized carbons (Fsp3) is 0. The normalized spacial score (nSPS) is 11.9. The van der Waals surface area contributed by atoms with Crippen LogP contribution in [0.3, 0.4) is 0 Å². The molecule has 0 aliphatic rings. The molecule has 0 aliphatic heterocycles. The molecule has 0 aliphatic carbocycles. The molecule has 32 rings (SSSR count). The molecular formula is C138H85N5O2S2. The van der Waals surface area contributed by atoms with Gasteiger partial charge >= 0.3 is 0 Å². The highest BCUT2D eigenvalue weighted by atomic mass is 32.1. The quantitative estimate of drug-likeness (QED) is 0.130. The summed E-state index contributed by atoms with van der Waals surface area (Å²) in [7, 11) is 0. The Morgan fingerprint density at radius 1 is 0.129 bits per heavy atom. The molecule has 0 saturated heterocycles. The maximum atomic E-state index is 6.22. The van der Waals surface area contributed by atoms with Crippen LogP contribution in [0.1, 0.15) is 0 Å². The van der Waals surface area contributed by atoms with E-state index < -0.39 is 0 Å². The molecule has 23 aromatic carbocycles. The molecule has 9 heterocycles. The number of rotatable bonds is 11. The number of hydrogen-bond donors (Lipinski definition) is 0. The van der Waals surface area contributed by atoms with E-state index in [9.17, 15) is 0 Å². The molecule has 0 N–H and O–H groups in total. The highest BCUT2D eigenvalue weighted by Crippen LogP contribution is 2.51. The SMILES string of the molecule is c1ccc(-n2c3ccccc3c3cc(-c4cc(-c5ccc6c(c5)c5ccccc5n6-c5ccccc5)c5c(c4)c4ccccc4n5-c4ccccc4)ccc32)cc1.c1ccc(-n2c3ccccc3c3cc(-c4ccc5oc6ccccc6c5c4)cc(-c4ccc5oc6ccccc6c5c4)c32)cc1.c1ccc(-n2c3ccccc3c3cc(-c4ccc5sc6ccccc6c5c4)cc(-c4ccc5sc6ccccc6c5c4)c32)cc1. The van der Waals surface area contributed by atoms with Gasteiger partial charge in [0.1, 0.15) is 22.3 Å². The molecule has 0 fully saturated rings. The Labute approximate surface area is 851 Å². The number of furan rings is 2. The largest absolute Gasteiger partial charge is 0.456 e. The van der Waals surface area contributed by atoms with E-state index in [2.05, 4.69) is 514 Å². The van der Waals surface area contributed by atoms with Crippen LogP contribution in [0.4, 0.5) is 0 Å². The smallest absolute Gasteiger partial charge is 0.135 e. The number of fused-ring (bicyclic) bond motifs is 27. The van der Waals surface area contributed by atoms with Crippen molar-refractivity contribution in [1.82, 2.24) is 22.8 Å². The molecule has 0 atom stereocenters. The topological polar surface area (TPSA) is 50.9 Å². The van der Waals surface area contributed by atoms with Crippen LogP contribution in [0.25, 0.3) is 288 Å². The molecular weight excluding hydrogens is 1820 g/mol. The maximum absolute atomic E-state index is 6.22. The van der Waals surface area contributed by atoms with Crippen molar-refractivity contribution in [3.8, 4) is 95.2 Å². The van der Waals surface area contributed by atoms with Gasteiger partial charge in [-0.2, -0.15) is 0 Å². The second kappa shape index (κ2) is 33.9. The van der Waals surface area contributed by atoms with Crippen LogP contribution in [-0.4, -0.2) is 22.8 Å². The standard InChI is InChI=1S/C54H35N3.C42H25NO2.C42H25NS2/c1-4-16-39(17-5-1)55-49-25-13-10-22-42(49)46-32-36(28-30-52(46)55)38-34-45(54-48(35-38)44-24-12-15-27-51(44)57(54)41-20-8-3-9-21-41)37-29-31-53-47(33-37)43-23-11-14-26-50(43)56(53)40-18-6-2-7-19-40;2*1-2-10-29(11-3-1)43-37-15-7-4-12-30(37)36-25-28(26-18-20-40-34(22-26)31-13-5-8-16-38(31)44-40)24-33(42(36)43)27-19-21-41-35(23-27)32-14-6-9-17-39(32)45-41/h1-35H;2*1-25H. The molecule has 147 heavy (non-hydrogen) atoms. The minimum atomic E-state index is 0.897. The van der Waals surface area contributed by atoms with Crippen molar-refractivity contribution in [3.63, 3.8) is 0 Å². The van der Waals surface area contributed by atoms with E-state index in [0.29, 0.717) is 0 Å². The first-order valence-electron chi connectivity index (χ1n) is 50.1. The molecule has 0 radical (unpaired) electrons. The molecule has 0 bridgehead atoms. The molecule has 686 valence electrons. The lowest BCUT2D eigenvalue weighted by Gasteiger charge is -2.15. The van der Waals surface area contributed by atoms with Crippen molar-refractivity contribution >= 4 is 216 Å². The zero-order valence-corrected chi connectivity index (χ0v) is 81.1. The molecule has 9 heteroatoms. The summed E-state index contributed by atoms with van der Waals surface area (Å²) in [6.45, 7) is 0. The van der Waals surface area contributed by atoms with Crippen LogP contribution in [0.5, 0.6) is 0 Å². The average Bonchev–Trinajstić information content (AvgIpc) is 1.58. The fourth-order valence-corrected chi connectivity index (χ4v) is 25.8. The summed E-state index contributed by atoms with van der Waals surface area (Å²) in [5.41, 5.74) is 35.8. The van der Waals surface area contributed by atoms with E-state index >= 15 is 0 Å². The van der Waals surface area contributed by atoms with Gasteiger partial charge in [-0.25, -0.2) is 0 Å². The first-order chi connectivity index (χ1) is 72.9. The van der Waals surface area contributed by atoms with E-state index in [4.69, 9.17) is 8.83 Å². The van der Waals surface area contributed by atoms with Crippen LogP contribution in [-0.2, 0) is 0 Å². The Balaban J connectivity index is 0.000000103. The van der Waals surface area contributed by atoms with Crippen molar-refractivity contribution < 1.29 is 8.83 Å². The predicted molar refractivity (Wildman–Crippen MR) is 624 cm³/mol. The molecule has 0 unspecified atom stereocenters. The van der Waals surface area contributed by atoms with Crippen molar-refractivity contribution in [3.05, 3.63) is 516 Å². The summed E-state index contributed by atoms with van der Waals surface area (Å²) in [6.07, 6.45) is 0. The summed E-state index contributed by atoms with van der Waals surface area (Å²) in [6, 6.07) is 187. The van der Waals surface area contributed by atoms with Crippen LogP contribution in [0, 0.1) is 0 Å². The Morgan fingerprint density at radius 2 is 0.354 bits per heavy atom. The molecule has 7 nitrogen and oxygen atoms in total. The van der Waals surface area contributed by atoms with Crippen molar-refractivity contribution in [1.29, 1.82) is 0 Å². The number of hydrogen-bond acceptors (Lipinski definition) is 4. The first-order valence-corrected chi connectivity index (χ1v) is 51.8. The minimum Gasteiger partial charge on any atom is -0.456 e. The highest BCUT2D eigenvalue weighted by Gasteiger charge is 2.27. The summed E-state index contributed by atoms with van der Waals surface area (Å²) in [5.74, 6) is 0. The third-order valence-corrected chi connectivity index (χ3v) is 32.5. The monoisotopic (exact) mass is 1910 g/mol. The lowest BCUT2D eigenvalue weighted by molar-refractivity contribution is 0.668. The van der Waals surface area contributed by atoms with Gasteiger partial charge in [-0.3, -0.25) is 0 Å². The lowest BCUT2D eigenvalue weighted by Crippen LogP contribution is -1.96. The van der Waals surface area contributed by atoms with E-state index in [0.717, 1.165) is 83.3 Å². The second-order valence-electron chi connectivity index (χ2n) is 38.4. The predicted octanol–water partition coefficient (Wildman–Crippen LogP) is 39.1. The maximum Gasteiger partial charge on any atom is 0.135 e. The summed E-state index contributed by atoms with van der Waals surface area (Å²) < 4.78 is 29.8. The van der Waals surface area contributed by atoms with Gasteiger partial charge in [0.15, 0.2) is 0 Å². The number of aromatic nitrogens is 5. The Kier molecular flexibility index (Phi) is 19.3. The Hall–Kier alpha value is -18.9. The average molecular weight is 1910 g/mol. The lowest BCUT2D eigenvalue weighted by atomic mass is 9.94. The van der Waals surface area contributed by atoms with Crippen molar-refractivity contribution in [2.75, 3.05) is 0 Å². The van der Waals surface area contributed by atoms with E-state index in [1.165, 1.54) is 205 Å². The third kappa shape index (κ3) is 13.6. The van der Waals surface area contributed by atoms with Crippen LogP contribution >= 0.6 is 22.7 Å². The number of para-hydroxylation sites is 12. The van der Waals surface area contributed by atoms with Gasteiger partial charge in [0.25, 0.3) is 0 Å². The van der Waals surface area contributed by atoms with Crippen LogP contribution in [0.2, 0.25) is 0 Å². The van der Waals surface area contributed by atoms with Crippen LogP contribution in [0.15, 0.2) is 524 Å². The van der Waals surface area contributed by atoms with Gasteiger partial charge in [-0.1, -0.05) is 291 Å². The molecule has 0 saturated carbocycles. The number of benzene rings is 23. The first kappa shape index (κ1) is 83.8. The van der Waals surface area contributed by atoms with E-state index in [1.807, 2.05) is 46.9 Å². The van der Waals surface area contributed by atoms with Crippen molar-refractivity contribution in [2.24, 2.45) is 0 Å². The van der Waals surface area contributed by atoms with Crippen molar-refractivity contribution in [2.45, 2.75) is 0 Å². The second-order valence-corrected chi connectivity index (χ2v) is 40.6. The van der Waals surface area contributed by atoms with Gasteiger partial charge < -0.3 is 31.7 Å². The fourth-order valence-electron chi connectivity index (χ4n) is 23.6. The summed E-state index contributed by atoms with van der Waals surface area (Å²) in [5, 5.41) is 22.2. The molecule has 9 aromatic heterocycles. The zero-order chi connectivity index (χ0) is 96.4. The van der Waals surface area contributed by atoms with Gasteiger partial charge in [0.2, 0.25) is 0 Å². The molecule has 32 aromatic rings. The van der Waals surface area contributed by atoms with E-state index in [1.54, 1.807) is 0 Å². The summed E-state index contributed by atoms with van der Waals surface area (Å²) in [4.78, 5) is 0. The van der Waals surface area contributed by atoms with Gasteiger partial charge in [0.05, 0.1) is 55.2 Å². The van der Waals surface area contributed by atoms with Crippen LogP contribution < -0.4 is 0 Å². The number of thiophene rings is 2. The Bertz CT molecular complexity index is 10600. The number of nitrogens with zero attached hydrogens (tertiary/aromatic N) is 5. The zero-order valence-electron chi connectivity index (χ0n) is 79.4. The summed E-state index contributed by atoms with van der Waals surface area (Å²) >= 11 is 3.74. The van der Waals surface area contributed by atoms with Gasteiger partial charge in [-0.15, -0.1) is 22.7 Å². The van der Waals surface area contributed by atoms with Gasteiger partial charge in [0, 0.05) is 161 Å². The molecule has 0 spiro atoms.